The van der Waals surface area contributed by atoms with Crippen molar-refractivity contribution in [2.75, 3.05) is 13.7 Å². The van der Waals surface area contributed by atoms with Crippen LogP contribution in [-0.4, -0.2) is 113 Å². The summed E-state index contributed by atoms with van der Waals surface area (Å²) >= 11 is 0. The molecule has 4 aliphatic rings. The Morgan fingerprint density at radius 2 is 1.77 bits per heavy atom. The minimum Gasteiger partial charge on any atom is -0.497 e. The number of benzene rings is 2. The Labute approximate surface area is 380 Å². The molecule has 15 nitrogen and oxygen atoms in total. The predicted octanol–water partition coefficient (Wildman–Crippen LogP) is 6.98. The maximum absolute atomic E-state index is 15.3. The van der Waals surface area contributed by atoms with Crippen molar-refractivity contribution in [3.05, 3.63) is 60.4 Å². The standard InChI is InChI=1S/C46H55F4N5O10S/c1-24(2)64-38-16-11-28(19-35(38)47)36-20-29-18-31(63-6)12-15-34(29)41(51-36)65-32-21-37-40(56)52-45(43(58)53-66(61,62)33-13-14-33)22-30(45)10-8-7-9-25(3)17-26(4)39(42(57)54(37)23-32)55(44(59)60)27(5)46(48,49)50/h8,10-12,15-16,18-20,24-27,30,32-33,37,39H,7,9,13-14,17,21-23H2,1-6H3,(H,52,56)(H,53,58)(H,59,60)/t25-,26-,27-,30-,32-,37+,39+,45-/m1/s1. The molecule has 4 amide bonds. The summed E-state index contributed by atoms with van der Waals surface area (Å²) in [5.74, 6) is -5.02. The number of alkyl halides is 3. The fraction of sp³-hybridized carbons (Fsp3) is 0.543. The van der Waals surface area contributed by atoms with E-state index in [0.29, 0.717) is 54.7 Å². The number of allylic oxidation sites excluding steroid dienone is 1. The molecule has 3 aromatic rings. The highest BCUT2D eigenvalue weighted by molar-refractivity contribution is 7.91. The molecule has 2 saturated carbocycles. The van der Waals surface area contributed by atoms with Crippen LogP contribution in [0.2, 0.25) is 0 Å². The SMILES string of the molecule is COc1ccc2c(O[C@@H]3C[C@H]4C(=O)N[C@]5(C(=O)NS(=O)(=O)C6CC6)C[C@H]5C=CCC[C@@H](C)C[C@@H](C)[C@H](N(C(=O)O)[C@H](C)C(F)(F)F)C(=O)N4C3)nc(-c3ccc(OC(C)C)c(F)c3)cc2c1. The van der Waals surface area contributed by atoms with Crippen molar-refractivity contribution in [1.82, 2.24) is 24.8 Å². The molecule has 1 saturated heterocycles. The van der Waals surface area contributed by atoms with Gasteiger partial charge in [0.2, 0.25) is 27.7 Å². The lowest BCUT2D eigenvalue weighted by molar-refractivity contribution is -0.184. The molecule has 20 heteroatoms. The van der Waals surface area contributed by atoms with Crippen molar-refractivity contribution in [2.24, 2.45) is 17.8 Å². The van der Waals surface area contributed by atoms with E-state index in [0.717, 1.165) is 4.90 Å². The van der Waals surface area contributed by atoms with Gasteiger partial charge in [-0.15, -0.1) is 0 Å². The molecule has 0 bridgehead atoms. The minimum atomic E-state index is -5.08. The molecule has 3 fully saturated rings. The molecule has 2 aliphatic heterocycles. The lowest BCUT2D eigenvalue weighted by atomic mass is 9.86. The van der Waals surface area contributed by atoms with Crippen molar-refractivity contribution in [1.29, 1.82) is 0 Å². The number of methoxy groups -OCH3 is 1. The number of aromatic nitrogens is 1. The van der Waals surface area contributed by atoms with E-state index < -0.39 is 99.2 Å². The van der Waals surface area contributed by atoms with E-state index in [2.05, 4.69) is 10.0 Å². The molecule has 2 aliphatic carbocycles. The molecule has 3 N–H and O–H groups in total. The lowest BCUT2D eigenvalue weighted by Gasteiger charge is -2.40. The molecule has 8 atom stereocenters. The molecular weight excluding hydrogens is 891 g/mol. The average molecular weight is 946 g/mol. The van der Waals surface area contributed by atoms with Gasteiger partial charge in [-0.2, -0.15) is 13.2 Å². The zero-order valence-corrected chi connectivity index (χ0v) is 38.2. The molecule has 0 unspecified atom stereocenters. The Balaban J connectivity index is 1.31. The van der Waals surface area contributed by atoms with Gasteiger partial charge in [-0.25, -0.2) is 22.6 Å². The van der Waals surface area contributed by atoms with Crippen molar-refractivity contribution >= 4 is 44.6 Å². The number of hydrogen-bond acceptors (Lipinski definition) is 10. The molecule has 7 rings (SSSR count). The number of fused-ring (bicyclic) bond motifs is 3. The number of rotatable bonds is 11. The van der Waals surface area contributed by atoms with Crippen LogP contribution in [0.4, 0.5) is 22.4 Å². The second-order valence-electron chi connectivity index (χ2n) is 18.3. The first-order valence-electron chi connectivity index (χ1n) is 22.1. The maximum atomic E-state index is 15.3. The van der Waals surface area contributed by atoms with Crippen LogP contribution in [0.3, 0.4) is 0 Å². The van der Waals surface area contributed by atoms with Gasteiger partial charge in [0.15, 0.2) is 11.6 Å². The zero-order chi connectivity index (χ0) is 48.0. The van der Waals surface area contributed by atoms with Gasteiger partial charge in [-0.1, -0.05) is 26.0 Å². The second kappa shape index (κ2) is 18.6. The summed E-state index contributed by atoms with van der Waals surface area (Å²) in [5.41, 5.74) is -1.16. The highest BCUT2D eigenvalue weighted by Gasteiger charge is 2.62. The number of nitrogens with one attached hydrogen (secondary N) is 2. The number of nitrogens with zero attached hydrogens (tertiary/aromatic N) is 3. The zero-order valence-electron chi connectivity index (χ0n) is 37.4. The van der Waals surface area contributed by atoms with Crippen molar-refractivity contribution in [2.45, 2.75) is 127 Å². The van der Waals surface area contributed by atoms with Crippen molar-refractivity contribution < 1.29 is 64.5 Å². The van der Waals surface area contributed by atoms with Gasteiger partial charge in [0, 0.05) is 23.3 Å². The molecule has 1 aromatic heterocycles. The third kappa shape index (κ3) is 10.2. The monoisotopic (exact) mass is 945 g/mol. The van der Waals surface area contributed by atoms with Crippen LogP contribution in [0.15, 0.2) is 54.6 Å². The van der Waals surface area contributed by atoms with Gasteiger partial charge >= 0.3 is 12.3 Å². The van der Waals surface area contributed by atoms with Gasteiger partial charge in [0.1, 0.15) is 35.5 Å². The summed E-state index contributed by atoms with van der Waals surface area (Å²) in [4.78, 5) is 62.5. The molecule has 2 aromatic carbocycles. The molecule has 66 heavy (non-hydrogen) atoms. The minimum absolute atomic E-state index is 0.0150. The normalized spacial score (nSPS) is 26.6. The van der Waals surface area contributed by atoms with Crippen LogP contribution >= 0.6 is 0 Å². The van der Waals surface area contributed by atoms with E-state index in [1.165, 1.54) is 26.2 Å². The Kier molecular flexibility index (Phi) is 13.6. The summed E-state index contributed by atoms with van der Waals surface area (Å²) in [6.45, 7) is 7.05. The first-order valence-corrected chi connectivity index (χ1v) is 23.6. The molecular formula is C46H55F4N5O10S. The Morgan fingerprint density at radius 3 is 2.41 bits per heavy atom. The largest absolute Gasteiger partial charge is 0.497 e. The highest BCUT2D eigenvalue weighted by atomic mass is 32.2. The number of pyridine rings is 1. The maximum Gasteiger partial charge on any atom is 0.408 e. The van der Waals surface area contributed by atoms with E-state index in [1.54, 1.807) is 56.3 Å². The fourth-order valence-corrected chi connectivity index (χ4v) is 10.5. The van der Waals surface area contributed by atoms with E-state index in [9.17, 15) is 41.1 Å². The molecule has 3 heterocycles. The van der Waals surface area contributed by atoms with E-state index in [1.807, 2.05) is 6.92 Å². The van der Waals surface area contributed by atoms with Crippen molar-refractivity contribution in [3.8, 4) is 28.6 Å². The third-order valence-electron chi connectivity index (χ3n) is 12.9. The molecule has 358 valence electrons. The van der Waals surface area contributed by atoms with Crippen LogP contribution in [0, 0.1) is 23.6 Å². The van der Waals surface area contributed by atoms with Gasteiger partial charge in [-0.3, -0.25) is 24.0 Å². The number of carboxylic acid groups (broad SMARTS) is 1. The van der Waals surface area contributed by atoms with Crippen LogP contribution in [-0.2, 0) is 24.4 Å². The number of halogens is 4. The quantitative estimate of drug-likeness (QED) is 0.133. The Morgan fingerprint density at radius 1 is 1.05 bits per heavy atom. The fourth-order valence-electron chi connectivity index (χ4n) is 9.09. The summed E-state index contributed by atoms with van der Waals surface area (Å²) in [5, 5.41) is 13.4. The van der Waals surface area contributed by atoms with E-state index in [-0.39, 0.29) is 53.5 Å². The second-order valence-corrected chi connectivity index (χ2v) is 20.3. The number of hydrogen-bond donors (Lipinski definition) is 3. The predicted molar refractivity (Wildman–Crippen MR) is 234 cm³/mol. The van der Waals surface area contributed by atoms with E-state index >= 15 is 9.18 Å². The third-order valence-corrected chi connectivity index (χ3v) is 14.7. The topological polar surface area (TPSA) is 194 Å². The first kappa shape index (κ1) is 48.3. The summed E-state index contributed by atoms with van der Waals surface area (Å²) in [6, 6.07) is 4.87. The van der Waals surface area contributed by atoms with Crippen LogP contribution in [0.5, 0.6) is 17.4 Å². The Bertz CT molecular complexity index is 2520. The van der Waals surface area contributed by atoms with Crippen LogP contribution < -0.4 is 24.2 Å². The van der Waals surface area contributed by atoms with Crippen LogP contribution in [0.1, 0.15) is 79.6 Å². The number of amides is 4. The van der Waals surface area contributed by atoms with Gasteiger partial charge in [0.25, 0.3) is 5.91 Å². The number of carbonyl (C=O) groups excluding carboxylic acids is 3. The molecule has 0 spiro atoms. The van der Waals surface area contributed by atoms with Crippen molar-refractivity contribution in [3.63, 3.8) is 0 Å². The molecule has 0 radical (unpaired) electrons. The first-order chi connectivity index (χ1) is 31.0. The average Bonchev–Trinajstić information content (AvgIpc) is 4.17. The Hall–Kier alpha value is -5.66. The number of ether oxygens (including phenoxy) is 3. The summed E-state index contributed by atoms with van der Waals surface area (Å²) < 4.78 is 104. The van der Waals surface area contributed by atoms with Crippen LogP contribution in [0.25, 0.3) is 22.0 Å². The summed E-state index contributed by atoms with van der Waals surface area (Å²) in [6.07, 6.45) is -3.50. The number of carbonyl (C=O) groups is 4. The number of sulfonamides is 1. The van der Waals surface area contributed by atoms with Gasteiger partial charge in [-0.05, 0) is 119 Å². The lowest BCUT2D eigenvalue weighted by Crippen LogP contribution is -2.62. The van der Waals surface area contributed by atoms with Gasteiger partial charge < -0.3 is 29.5 Å². The summed E-state index contributed by atoms with van der Waals surface area (Å²) in [7, 11) is -2.60. The van der Waals surface area contributed by atoms with Gasteiger partial charge in [0.05, 0.1) is 30.7 Å². The smallest absolute Gasteiger partial charge is 0.408 e. The highest BCUT2D eigenvalue weighted by Crippen LogP contribution is 2.46. The van der Waals surface area contributed by atoms with E-state index in [4.69, 9.17) is 19.2 Å².